The third-order valence-electron chi connectivity index (χ3n) is 2.95. The number of aliphatic hydroxyl groups is 1. The Balaban J connectivity index is 2.56. The molecule has 0 aliphatic carbocycles. The van der Waals surface area contributed by atoms with E-state index in [1.807, 2.05) is 11.8 Å². The summed E-state index contributed by atoms with van der Waals surface area (Å²) in [7, 11) is 0. The maximum Gasteiger partial charge on any atom is 0.0441 e. The molecule has 0 aromatic heterocycles. The van der Waals surface area contributed by atoms with Crippen LogP contribution in [0.4, 0.5) is 0 Å². The molecular formula is C14H23NOS. The average molecular weight is 253 g/mol. The Labute approximate surface area is 109 Å². The van der Waals surface area contributed by atoms with E-state index in [2.05, 4.69) is 45.0 Å². The Kier molecular flexibility index (Phi) is 6.03. The number of nitrogens with two attached hydrogens (primary N) is 1. The summed E-state index contributed by atoms with van der Waals surface area (Å²) in [6, 6.07) is 8.47. The van der Waals surface area contributed by atoms with Gasteiger partial charge in [-0.3, -0.25) is 0 Å². The monoisotopic (exact) mass is 253 g/mol. The van der Waals surface area contributed by atoms with E-state index in [1.54, 1.807) is 0 Å². The lowest BCUT2D eigenvalue weighted by molar-refractivity contribution is 0.288. The van der Waals surface area contributed by atoms with Crippen LogP contribution in [0.1, 0.15) is 37.4 Å². The van der Waals surface area contributed by atoms with Gasteiger partial charge in [-0.25, -0.2) is 0 Å². The molecule has 0 amide bonds. The van der Waals surface area contributed by atoms with Gasteiger partial charge >= 0.3 is 0 Å². The second-order valence-electron chi connectivity index (χ2n) is 4.60. The number of hydrogen-bond donors (Lipinski definition) is 2. The van der Waals surface area contributed by atoms with Crippen molar-refractivity contribution >= 4 is 11.8 Å². The van der Waals surface area contributed by atoms with Crippen LogP contribution in [0.2, 0.25) is 0 Å². The topological polar surface area (TPSA) is 46.2 Å². The number of benzene rings is 1. The molecule has 0 aliphatic rings. The minimum Gasteiger partial charge on any atom is -0.396 e. The maximum absolute atomic E-state index is 8.89. The lowest BCUT2D eigenvalue weighted by atomic mass is 10.0. The number of rotatable bonds is 6. The van der Waals surface area contributed by atoms with E-state index in [0.717, 1.165) is 6.42 Å². The standard InChI is InChI=1S/C14H23NOS/c1-10-4-6-13(7-5-10)14(15)12(3)17-11(2)8-9-16/h4-7,11-12,14,16H,8-9,15H2,1-3H3. The molecule has 0 radical (unpaired) electrons. The second kappa shape index (κ2) is 7.04. The number of aliphatic hydroxyl groups excluding tert-OH is 1. The van der Waals surface area contributed by atoms with Crippen molar-refractivity contribution in [3.05, 3.63) is 35.4 Å². The first-order valence-corrected chi connectivity index (χ1v) is 7.07. The van der Waals surface area contributed by atoms with Crippen molar-refractivity contribution in [3.63, 3.8) is 0 Å². The summed E-state index contributed by atoms with van der Waals surface area (Å²) >= 11 is 1.85. The van der Waals surface area contributed by atoms with E-state index in [1.165, 1.54) is 11.1 Å². The first-order chi connectivity index (χ1) is 8.04. The van der Waals surface area contributed by atoms with Gasteiger partial charge in [0.1, 0.15) is 0 Å². The van der Waals surface area contributed by atoms with E-state index >= 15 is 0 Å². The van der Waals surface area contributed by atoms with Crippen molar-refractivity contribution in [1.29, 1.82) is 0 Å². The van der Waals surface area contributed by atoms with Crippen LogP contribution in [-0.4, -0.2) is 22.2 Å². The molecule has 0 heterocycles. The predicted molar refractivity (Wildman–Crippen MR) is 76.3 cm³/mol. The van der Waals surface area contributed by atoms with Crippen molar-refractivity contribution in [1.82, 2.24) is 0 Å². The lowest BCUT2D eigenvalue weighted by Crippen LogP contribution is -2.23. The number of thioether (sulfide) groups is 1. The molecule has 0 saturated carbocycles. The Bertz CT molecular complexity index is 325. The zero-order valence-electron chi connectivity index (χ0n) is 10.9. The van der Waals surface area contributed by atoms with Crippen LogP contribution in [0.15, 0.2) is 24.3 Å². The van der Waals surface area contributed by atoms with Gasteiger partial charge in [0, 0.05) is 23.1 Å². The summed E-state index contributed by atoms with van der Waals surface area (Å²) in [6.45, 7) is 6.62. The molecule has 0 fully saturated rings. The first kappa shape index (κ1) is 14.6. The van der Waals surface area contributed by atoms with Crippen LogP contribution in [0.5, 0.6) is 0 Å². The molecular weight excluding hydrogens is 230 g/mol. The minimum atomic E-state index is 0.0572. The molecule has 1 aromatic carbocycles. The third kappa shape index (κ3) is 4.70. The molecule has 1 rings (SSSR count). The fourth-order valence-electron chi connectivity index (χ4n) is 1.76. The van der Waals surface area contributed by atoms with Gasteiger partial charge in [-0.15, -0.1) is 0 Å². The van der Waals surface area contributed by atoms with Gasteiger partial charge in [0.25, 0.3) is 0 Å². The highest BCUT2D eigenvalue weighted by atomic mass is 32.2. The van der Waals surface area contributed by atoms with Crippen molar-refractivity contribution in [3.8, 4) is 0 Å². The molecule has 0 aliphatic heterocycles. The molecule has 0 saturated heterocycles. The van der Waals surface area contributed by atoms with Crippen LogP contribution < -0.4 is 5.73 Å². The van der Waals surface area contributed by atoms with Crippen LogP contribution in [0.25, 0.3) is 0 Å². The molecule has 17 heavy (non-hydrogen) atoms. The van der Waals surface area contributed by atoms with Crippen LogP contribution >= 0.6 is 11.8 Å². The van der Waals surface area contributed by atoms with E-state index in [0.29, 0.717) is 10.5 Å². The van der Waals surface area contributed by atoms with Gasteiger partial charge in [-0.05, 0) is 18.9 Å². The van der Waals surface area contributed by atoms with Gasteiger partial charge in [0.05, 0.1) is 0 Å². The molecule has 96 valence electrons. The van der Waals surface area contributed by atoms with Gasteiger partial charge in [-0.1, -0.05) is 43.7 Å². The predicted octanol–water partition coefficient (Wildman–Crippen LogP) is 2.89. The van der Waals surface area contributed by atoms with Gasteiger partial charge < -0.3 is 10.8 Å². The van der Waals surface area contributed by atoms with Crippen molar-refractivity contribution < 1.29 is 5.11 Å². The van der Waals surface area contributed by atoms with Gasteiger partial charge in [-0.2, -0.15) is 11.8 Å². The van der Waals surface area contributed by atoms with E-state index in [-0.39, 0.29) is 12.6 Å². The smallest absolute Gasteiger partial charge is 0.0441 e. The normalized spacial score (nSPS) is 16.5. The van der Waals surface area contributed by atoms with E-state index in [4.69, 9.17) is 10.8 Å². The zero-order chi connectivity index (χ0) is 12.8. The Morgan fingerprint density at radius 3 is 2.35 bits per heavy atom. The summed E-state index contributed by atoms with van der Waals surface area (Å²) in [5.41, 5.74) is 8.70. The van der Waals surface area contributed by atoms with Crippen LogP contribution in [0, 0.1) is 6.92 Å². The highest BCUT2D eigenvalue weighted by molar-refractivity contribution is 8.00. The highest BCUT2D eigenvalue weighted by Crippen LogP contribution is 2.28. The van der Waals surface area contributed by atoms with Crippen LogP contribution in [-0.2, 0) is 0 Å². The molecule has 3 N–H and O–H groups in total. The summed E-state index contributed by atoms with van der Waals surface area (Å²) in [5.74, 6) is 0. The molecule has 3 unspecified atom stereocenters. The molecule has 2 nitrogen and oxygen atoms in total. The maximum atomic E-state index is 8.89. The Morgan fingerprint density at radius 2 is 1.82 bits per heavy atom. The number of aryl methyl sites for hydroxylation is 1. The average Bonchev–Trinajstić information content (AvgIpc) is 2.29. The Hall–Kier alpha value is -0.510. The minimum absolute atomic E-state index is 0.0572. The largest absolute Gasteiger partial charge is 0.396 e. The number of hydrogen-bond acceptors (Lipinski definition) is 3. The summed E-state index contributed by atoms with van der Waals surface area (Å²) < 4.78 is 0. The SMILES string of the molecule is Cc1ccc(C(N)C(C)SC(C)CCO)cc1. The molecule has 3 heteroatoms. The Morgan fingerprint density at radius 1 is 1.24 bits per heavy atom. The van der Waals surface area contributed by atoms with Gasteiger partial charge in [0.15, 0.2) is 0 Å². The summed E-state index contributed by atoms with van der Waals surface area (Å²) in [6.07, 6.45) is 0.829. The molecule has 1 aromatic rings. The highest BCUT2D eigenvalue weighted by Gasteiger charge is 2.17. The quantitative estimate of drug-likeness (QED) is 0.819. The molecule has 3 atom stereocenters. The second-order valence-corrected chi connectivity index (χ2v) is 6.42. The molecule has 0 spiro atoms. The lowest BCUT2D eigenvalue weighted by Gasteiger charge is -2.23. The van der Waals surface area contributed by atoms with Crippen molar-refractivity contribution in [2.24, 2.45) is 5.73 Å². The van der Waals surface area contributed by atoms with Crippen LogP contribution in [0.3, 0.4) is 0 Å². The first-order valence-electron chi connectivity index (χ1n) is 6.13. The van der Waals surface area contributed by atoms with Crippen molar-refractivity contribution in [2.45, 2.75) is 43.7 Å². The summed E-state index contributed by atoms with van der Waals surface area (Å²) in [5, 5.41) is 9.70. The molecule has 0 bridgehead atoms. The van der Waals surface area contributed by atoms with E-state index in [9.17, 15) is 0 Å². The zero-order valence-corrected chi connectivity index (χ0v) is 11.7. The van der Waals surface area contributed by atoms with Crippen molar-refractivity contribution in [2.75, 3.05) is 6.61 Å². The van der Waals surface area contributed by atoms with E-state index < -0.39 is 0 Å². The van der Waals surface area contributed by atoms with Gasteiger partial charge in [0.2, 0.25) is 0 Å². The summed E-state index contributed by atoms with van der Waals surface area (Å²) in [4.78, 5) is 0. The fraction of sp³-hybridized carbons (Fsp3) is 0.571. The fourth-order valence-corrected chi connectivity index (χ4v) is 3.06. The third-order valence-corrected chi connectivity index (χ3v) is 4.37.